The number of hydrogen-bond acceptors (Lipinski definition) is 5. The molecule has 0 atom stereocenters. The van der Waals surface area contributed by atoms with E-state index in [1.807, 2.05) is 0 Å². The Kier molecular flexibility index (Phi) is 7.99. The molecule has 2 aromatic carbocycles. The van der Waals surface area contributed by atoms with Gasteiger partial charge in [-0.15, -0.1) is 0 Å². The average Bonchev–Trinajstić information content (AvgIpc) is 2.78. The first-order chi connectivity index (χ1) is 15.6. The third-order valence-corrected chi connectivity index (χ3v) is 7.94. The van der Waals surface area contributed by atoms with Crippen molar-refractivity contribution in [2.75, 3.05) is 25.0 Å². The quantitative estimate of drug-likeness (QED) is 0.573. The van der Waals surface area contributed by atoms with E-state index in [1.165, 1.54) is 54.4 Å². The van der Waals surface area contributed by atoms with Crippen molar-refractivity contribution in [1.82, 2.24) is 4.31 Å². The Hall–Kier alpha value is -2.62. The summed E-state index contributed by atoms with van der Waals surface area (Å²) in [5.41, 5.74) is 0.0524. The number of carbonyl (C=O) groups excluding carboxylic acids is 1. The standard InChI is InChI=1S/C23H27ClN2O6S/c1-25(33(31,32)19-10-7-17(24)8-11-19)15-22(28)26(14-16-5-3-2-4-6-16)18-9-12-20(23(29)30)21(27)13-18/h7-13,16,27H,2-6,14-15H2,1H3,(H,29,30). The number of aromatic hydroxyl groups is 1. The molecule has 0 radical (unpaired) electrons. The number of nitrogens with zero attached hydrogens (tertiary/aromatic N) is 2. The lowest BCUT2D eigenvalue weighted by atomic mass is 9.89. The van der Waals surface area contributed by atoms with Gasteiger partial charge in [0.2, 0.25) is 15.9 Å². The third-order valence-electron chi connectivity index (χ3n) is 5.87. The number of rotatable bonds is 8. The lowest BCUT2D eigenvalue weighted by molar-refractivity contribution is -0.118. The second-order valence-corrected chi connectivity index (χ2v) is 10.7. The van der Waals surface area contributed by atoms with Crippen LogP contribution < -0.4 is 4.90 Å². The third kappa shape index (κ3) is 6.04. The summed E-state index contributed by atoms with van der Waals surface area (Å²) in [6.07, 6.45) is 5.14. The molecule has 1 amide bonds. The maximum atomic E-state index is 13.3. The number of sulfonamides is 1. The smallest absolute Gasteiger partial charge is 0.339 e. The van der Waals surface area contributed by atoms with Crippen molar-refractivity contribution in [2.24, 2.45) is 5.92 Å². The van der Waals surface area contributed by atoms with Crippen molar-refractivity contribution in [1.29, 1.82) is 0 Å². The van der Waals surface area contributed by atoms with E-state index in [1.54, 1.807) is 0 Å². The van der Waals surface area contributed by atoms with Gasteiger partial charge in [-0.05, 0) is 55.2 Å². The second-order valence-electron chi connectivity index (χ2n) is 8.23. The van der Waals surface area contributed by atoms with Gasteiger partial charge in [-0.2, -0.15) is 4.31 Å². The van der Waals surface area contributed by atoms with Crippen molar-refractivity contribution >= 4 is 39.2 Å². The number of benzene rings is 2. The van der Waals surface area contributed by atoms with Crippen molar-refractivity contribution in [3.05, 3.63) is 53.1 Å². The van der Waals surface area contributed by atoms with Crippen LogP contribution in [0.5, 0.6) is 5.75 Å². The number of carbonyl (C=O) groups is 2. The number of carboxylic acid groups (broad SMARTS) is 1. The monoisotopic (exact) mass is 494 g/mol. The minimum atomic E-state index is -3.93. The van der Waals surface area contributed by atoms with Crippen LogP contribution in [0.1, 0.15) is 42.5 Å². The van der Waals surface area contributed by atoms with E-state index in [0.29, 0.717) is 17.3 Å². The van der Waals surface area contributed by atoms with Crippen LogP contribution >= 0.6 is 11.6 Å². The number of halogens is 1. The molecule has 0 heterocycles. The number of carboxylic acids is 1. The molecule has 3 rings (SSSR count). The van der Waals surface area contributed by atoms with Crippen LogP contribution in [-0.2, 0) is 14.8 Å². The van der Waals surface area contributed by atoms with Gasteiger partial charge in [0.15, 0.2) is 0 Å². The molecule has 1 aliphatic rings. The van der Waals surface area contributed by atoms with Crippen LogP contribution in [-0.4, -0.2) is 54.9 Å². The minimum Gasteiger partial charge on any atom is -0.507 e. The van der Waals surface area contributed by atoms with Crippen LogP contribution in [0.2, 0.25) is 5.02 Å². The molecule has 178 valence electrons. The first kappa shape index (κ1) is 25.0. The molecule has 0 bridgehead atoms. The Morgan fingerprint density at radius 2 is 1.70 bits per heavy atom. The molecule has 0 unspecified atom stereocenters. The lowest BCUT2D eigenvalue weighted by Gasteiger charge is -2.31. The van der Waals surface area contributed by atoms with Gasteiger partial charge in [-0.3, -0.25) is 4.79 Å². The molecular weight excluding hydrogens is 468 g/mol. The van der Waals surface area contributed by atoms with E-state index in [0.717, 1.165) is 36.4 Å². The Morgan fingerprint density at radius 1 is 1.06 bits per heavy atom. The lowest BCUT2D eigenvalue weighted by Crippen LogP contribution is -2.43. The molecule has 0 aliphatic heterocycles. The summed E-state index contributed by atoms with van der Waals surface area (Å²) in [6, 6.07) is 9.61. The Balaban J connectivity index is 1.86. The zero-order valence-electron chi connectivity index (χ0n) is 18.3. The highest BCUT2D eigenvalue weighted by molar-refractivity contribution is 7.89. The predicted molar refractivity (Wildman–Crippen MR) is 125 cm³/mol. The molecular formula is C23H27ClN2O6S. The van der Waals surface area contributed by atoms with Crippen LogP contribution in [0.4, 0.5) is 5.69 Å². The molecule has 2 N–H and O–H groups in total. The fourth-order valence-corrected chi connectivity index (χ4v) is 5.24. The molecule has 0 aromatic heterocycles. The molecule has 1 fully saturated rings. The normalized spacial score (nSPS) is 14.9. The second kappa shape index (κ2) is 10.5. The summed E-state index contributed by atoms with van der Waals surface area (Å²) in [4.78, 5) is 26.0. The molecule has 8 nitrogen and oxygen atoms in total. The number of anilines is 1. The summed E-state index contributed by atoms with van der Waals surface area (Å²) in [5, 5.41) is 19.7. The molecule has 1 saturated carbocycles. The summed E-state index contributed by atoms with van der Waals surface area (Å²) in [7, 11) is -2.60. The van der Waals surface area contributed by atoms with Gasteiger partial charge in [0.1, 0.15) is 11.3 Å². The average molecular weight is 495 g/mol. The van der Waals surface area contributed by atoms with Gasteiger partial charge >= 0.3 is 5.97 Å². The van der Waals surface area contributed by atoms with Gasteiger partial charge in [0.25, 0.3) is 0 Å². The first-order valence-corrected chi connectivity index (χ1v) is 12.5. The highest BCUT2D eigenvalue weighted by atomic mass is 35.5. The van der Waals surface area contributed by atoms with E-state index in [2.05, 4.69) is 0 Å². The molecule has 1 aliphatic carbocycles. The fraction of sp³-hybridized carbons (Fsp3) is 0.391. The van der Waals surface area contributed by atoms with Gasteiger partial charge in [0.05, 0.1) is 11.4 Å². The van der Waals surface area contributed by atoms with Gasteiger partial charge in [0, 0.05) is 30.4 Å². The zero-order chi connectivity index (χ0) is 24.2. The van der Waals surface area contributed by atoms with Crippen molar-refractivity contribution in [3.8, 4) is 5.75 Å². The Labute approximate surface area is 198 Å². The molecule has 33 heavy (non-hydrogen) atoms. The van der Waals surface area contributed by atoms with Crippen LogP contribution in [0.25, 0.3) is 0 Å². The first-order valence-electron chi connectivity index (χ1n) is 10.7. The van der Waals surface area contributed by atoms with Crippen molar-refractivity contribution in [2.45, 2.75) is 37.0 Å². The molecule has 2 aromatic rings. The summed E-state index contributed by atoms with van der Waals surface area (Å²) >= 11 is 5.84. The van der Waals surface area contributed by atoms with E-state index >= 15 is 0 Å². The van der Waals surface area contributed by atoms with Gasteiger partial charge in [-0.1, -0.05) is 30.9 Å². The van der Waals surface area contributed by atoms with E-state index in [9.17, 15) is 28.2 Å². The highest BCUT2D eigenvalue weighted by Gasteiger charge is 2.28. The predicted octanol–water partition coefficient (Wildman–Crippen LogP) is 3.98. The zero-order valence-corrected chi connectivity index (χ0v) is 19.8. The van der Waals surface area contributed by atoms with Crippen molar-refractivity contribution in [3.63, 3.8) is 0 Å². The van der Waals surface area contributed by atoms with Crippen molar-refractivity contribution < 1.29 is 28.2 Å². The van der Waals surface area contributed by atoms with Gasteiger partial charge < -0.3 is 15.1 Å². The van der Waals surface area contributed by atoms with Crippen LogP contribution in [0.3, 0.4) is 0 Å². The topological polar surface area (TPSA) is 115 Å². The number of hydrogen-bond donors (Lipinski definition) is 2. The number of aromatic carboxylic acids is 1. The SMILES string of the molecule is CN(CC(=O)N(CC1CCCCC1)c1ccc(C(=O)O)c(O)c1)S(=O)(=O)c1ccc(Cl)cc1. The molecule has 10 heteroatoms. The Bertz CT molecular complexity index is 1110. The fourth-order valence-electron chi connectivity index (χ4n) is 4.00. The van der Waals surface area contributed by atoms with Crippen LogP contribution in [0, 0.1) is 5.92 Å². The summed E-state index contributed by atoms with van der Waals surface area (Å²) in [6.45, 7) is -0.0569. The molecule has 0 saturated heterocycles. The maximum Gasteiger partial charge on any atom is 0.339 e. The summed E-state index contributed by atoms with van der Waals surface area (Å²) in [5.74, 6) is -1.97. The van der Waals surface area contributed by atoms with Gasteiger partial charge in [-0.25, -0.2) is 13.2 Å². The van der Waals surface area contributed by atoms with E-state index in [-0.39, 0.29) is 16.4 Å². The number of likely N-dealkylation sites (N-methyl/N-ethyl adjacent to an activating group) is 1. The number of phenols is 1. The Morgan fingerprint density at radius 3 is 2.27 bits per heavy atom. The maximum absolute atomic E-state index is 13.3. The number of amides is 1. The minimum absolute atomic E-state index is 0.0180. The van der Waals surface area contributed by atoms with E-state index in [4.69, 9.17) is 11.6 Å². The summed E-state index contributed by atoms with van der Waals surface area (Å²) < 4.78 is 26.8. The molecule has 0 spiro atoms. The van der Waals surface area contributed by atoms with E-state index < -0.39 is 34.2 Å². The van der Waals surface area contributed by atoms with Crippen LogP contribution in [0.15, 0.2) is 47.4 Å². The highest BCUT2D eigenvalue weighted by Crippen LogP contribution is 2.30. The largest absolute Gasteiger partial charge is 0.507 e.